The van der Waals surface area contributed by atoms with Crippen LogP contribution in [0.3, 0.4) is 0 Å². The second kappa shape index (κ2) is 4.71. The van der Waals surface area contributed by atoms with Crippen LogP contribution < -0.4 is 0 Å². The molecule has 1 heteroatoms. The second-order valence-electron chi connectivity index (χ2n) is 3.87. The Morgan fingerprint density at radius 3 is 2.54 bits per heavy atom. The number of benzene rings is 1. The number of hydrogen-bond donors (Lipinski definition) is 0. The highest BCUT2D eigenvalue weighted by Gasteiger charge is 2.05. The number of thioether (sulfide) groups is 1. The van der Waals surface area contributed by atoms with Gasteiger partial charge in [-0.25, -0.2) is 0 Å². The minimum atomic E-state index is 0.743. The third-order valence-electron chi connectivity index (χ3n) is 2.13. The van der Waals surface area contributed by atoms with Gasteiger partial charge in [-0.1, -0.05) is 32.0 Å². The molecule has 1 aromatic rings. The van der Waals surface area contributed by atoms with E-state index in [2.05, 4.69) is 45.2 Å². The summed E-state index contributed by atoms with van der Waals surface area (Å²) in [6.07, 6.45) is 3.35. The van der Waals surface area contributed by atoms with Crippen LogP contribution in [0.1, 0.15) is 25.0 Å². The molecule has 0 N–H and O–H groups in total. The molecule has 0 fully saturated rings. The normalized spacial score (nSPS) is 10.8. The number of rotatable bonds is 3. The molecule has 0 aromatic heterocycles. The van der Waals surface area contributed by atoms with Gasteiger partial charge in [-0.15, -0.1) is 11.8 Å². The summed E-state index contributed by atoms with van der Waals surface area (Å²) in [5, 5.41) is 0. The Hall–Kier alpha value is -0.430. The van der Waals surface area contributed by atoms with E-state index in [1.54, 1.807) is 0 Å². The molecule has 0 aliphatic rings. The summed E-state index contributed by atoms with van der Waals surface area (Å²) in [4.78, 5) is 1.47. The molecule has 0 amide bonds. The average Bonchev–Trinajstić information content (AvgIpc) is 2.03. The molecule has 0 aliphatic carbocycles. The van der Waals surface area contributed by atoms with Crippen molar-refractivity contribution in [1.82, 2.24) is 0 Å². The van der Waals surface area contributed by atoms with E-state index >= 15 is 0 Å². The van der Waals surface area contributed by atoms with E-state index in [1.807, 2.05) is 11.8 Å². The lowest BCUT2D eigenvalue weighted by molar-refractivity contribution is 0.640. The van der Waals surface area contributed by atoms with Gasteiger partial charge in [0.05, 0.1) is 0 Å². The van der Waals surface area contributed by atoms with Gasteiger partial charge in [-0.2, -0.15) is 0 Å². The highest BCUT2D eigenvalue weighted by molar-refractivity contribution is 7.98. The molecule has 0 saturated heterocycles. The van der Waals surface area contributed by atoms with Crippen molar-refractivity contribution in [3.05, 3.63) is 29.3 Å². The van der Waals surface area contributed by atoms with Gasteiger partial charge >= 0.3 is 0 Å². The van der Waals surface area contributed by atoms with E-state index < -0.39 is 0 Å². The zero-order valence-corrected chi connectivity index (χ0v) is 9.74. The number of hydrogen-bond acceptors (Lipinski definition) is 1. The van der Waals surface area contributed by atoms with E-state index in [0.29, 0.717) is 0 Å². The Morgan fingerprint density at radius 2 is 2.00 bits per heavy atom. The average molecular weight is 194 g/mol. The summed E-state index contributed by atoms with van der Waals surface area (Å²) in [7, 11) is 0. The van der Waals surface area contributed by atoms with E-state index in [0.717, 1.165) is 5.92 Å². The summed E-state index contributed by atoms with van der Waals surface area (Å²) < 4.78 is 0. The fourth-order valence-electron chi connectivity index (χ4n) is 1.61. The van der Waals surface area contributed by atoms with Crippen LogP contribution in [-0.4, -0.2) is 6.26 Å². The molecule has 0 unspecified atom stereocenters. The molecular formula is C12H18S. The molecule has 0 atom stereocenters. The monoisotopic (exact) mass is 194 g/mol. The molecule has 0 nitrogen and oxygen atoms in total. The molecule has 0 saturated carbocycles. The largest absolute Gasteiger partial charge is 0.129 e. The van der Waals surface area contributed by atoms with Gasteiger partial charge in [0.15, 0.2) is 0 Å². The number of aryl methyl sites for hydroxylation is 1. The van der Waals surface area contributed by atoms with Crippen molar-refractivity contribution in [2.24, 2.45) is 5.92 Å². The van der Waals surface area contributed by atoms with Crippen LogP contribution in [0.25, 0.3) is 0 Å². The maximum absolute atomic E-state index is 2.27. The van der Waals surface area contributed by atoms with Gasteiger partial charge in [0.25, 0.3) is 0 Å². The van der Waals surface area contributed by atoms with Crippen molar-refractivity contribution < 1.29 is 0 Å². The molecule has 0 spiro atoms. The molecule has 0 radical (unpaired) electrons. The Balaban J connectivity index is 2.98. The van der Waals surface area contributed by atoms with E-state index in [4.69, 9.17) is 0 Å². The molecule has 1 aromatic carbocycles. The molecule has 0 bridgehead atoms. The summed E-state index contributed by atoms with van der Waals surface area (Å²) in [6, 6.07) is 6.60. The van der Waals surface area contributed by atoms with Crippen LogP contribution in [0.4, 0.5) is 0 Å². The molecule has 13 heavy (non-hydrogen) atoms. The smallest absolute Gasteiger partial charge is 0.0130 e. The summed E-state index contributed by atoms with van der Waals surface area (Å²) >= 11 is 1.86. The molecular weight excluding hydrogens is 176 g/mol. The van der Waals surface area contributed by atoms with E-state index in [1.165, 1.54) is 22.4 Å². The van der Waals surface area contributed by atoms with Crippen LogP contribution in [0, 0.1) is 12.8 Å². The van der Waals surface area contributed by atoms with Crippen molar-refractivity contribution in [2.45, 2.75) is 32.1 Å². The third kappa shape index (κ3) is 2.77. The van der Waals surface area contributed by atoms with Crippen LogP contribution in [-0.2, 0) is 6.42 Å². The maximum Gasteiger partial charge on any atom is 0.0130 e. The van der Waals surface area contributed by atoms with E-state index in [-0.39, 0.29) is 0 Å². The summed E-state index contributed by atoms with van der Waals surface area (Å²) in [6.45, 7) is 6.73. The van der Waals surface area contributed by atoms with Crippen molar-refractivity contribution in [3.8, 4) is 0 Å². The fraction of sp³-hybridized carbons (Fsp3) is 0.500. The first kappa shape index (κ1) is 10.6. The summed E-state index contributed by atoms with van der Waals surface area (Å²) in [5.41, 5.74) is 2.91. The molecule has 0 aliphatic heterocycles. The zero-order chi connectivity index (χ0) is 9.84. The topological polar surface area (TPSA) is 0 Å². The Bertz CT molecular complexity index is 276. The van der Waals surface area contributed by atoms with Gasteiger partial charge in [0.2, 0.25) is 0 Å². The van der Waals surface area contributed by atoms with Crippen LogP contribution in [0.2, 0.25) is 0 Å². The molecule has 72 valence electrons. The van der Waals surface area contributed by atoms with Crippen molar-refractivity contribution >= 4 is 11.8 Å². The lowest BCUT2D eigenvalue weighted by Gasteiger charge is -2.11. The quantitative estimate of drug-likeness (QED) is 0.657. The van der Waals surface area contributed by atoms with Gasteiger partial charge in [0, 0.05) is 4.90 Å². The van der Waals surface area contributed by atoms with Crippen LogP contribution in [0.5, 0.6) is 0 Å². The minimum Gasteiger partial charge on any atom is -0.129 e. The predicted octanol–water partition coefficient (Wildman–Crippen LogP) is 3.92. The van der Waals surface area contributed by atoms with Gasteiger partial charge in [-0.3, -0.25) is 0 Å². The maximum atomic E-state index is 2.27. The third-order valence-corrected chi connectivity index (χ3v) is 3.12. The van der Waals surface area contributed by atoms with Crippen molar-refractivity contribution in [2.75, 3.05) is 6.26 Å². The van der Waals surface area contributed by atoms with Crippen LogP contribution >= 0.6 is 11.8 Å². The highest BCUT2D eigenvalue weighted by atomic mass is 32.2. The van der Waals surface area contributed by atoms with E-state index in [9.17, 15) is 0 Å². The zero-order valence-electron chi connectivity index (χ0n) is 8.92. The molecule has 1 rings (SSSR count). The second-order valence-corrected chi connectivity index (χ2v) is 4.68. The Kier molecular flexibility index (Phi) is 3.86. The highest BCUT2D eigenvalue weighted by Crippen LogP contribution is 2.26. The summed E-state index contributed by atoms with van der Waals surface area (Å²) in [5.74, 6) is 0.743. The van der Waals surface area contributed by atoms with Crippen molar-refractivity contribution in [3.63, 3.8) is 0 Å². The first-order valence-corrected chi connectivity index (χ1v) is 6.00. The lowest BCUT2D eigenvalue weighted by Crippen LogP contribution is -1.97. The Labute approximate surface area is 85.7 Å². The van der Waals surface area contributed by atoms with Crippen LogP contribution in [0.15, 0.2) is 23.1 Å². The minimum absolute atomic E-state index is 0.743. The van der Waals surface area contributed by atoms with Crippen molar-refractivity contribution in [1.29, 1.82) is 0 Å². The molecule has 0 heterocycles. The van der Waals surface area contributed by atoms with Gasteiger partial charge < -0.3 is 0 Å². The SMILES string of the molecule is CSc1c(C)cccc1CC(C)C. The fourth-order valence-corrected chi connectivity index (χ4v) is 2.41. The Morgan fingerprint density at radius 1 is 1.31 bits per heavy atom. The standard InChI is InChI=1S/C12H18S/c1-9(2)8-11-7-5-6-10(3)12(11)13-4/h5-7,9H,8H2,1-4H3. The first-order valence-electron chi connectivity index (χ1n) is 4.77. The van der Waals surface area contributed by atoms with Gasteiger partial charge in [-0.05, 0) is 36.6 Å². The first-order chi connectivity index (χ1) is 6.15. The lowest BCUT2D eigenvalue weighted by atomic mass is 10.0. The predicted molar refractivity (Wildman–Crippen MR) is 61.5 cm³/mol. The van der Waals surface area contributed by atoms with Gasteiger partial charge in [0.1, 0.15) is 0 Å².